The molecule has 120 valence electrons. The number of hydroxylamine groups is 1. The molecule has 1 heterocycles. The molecule has 6 heteroatoms. The van der Waals surface area contributed by atoms with E-state index in [1.807, 2.05) is 17.6 Å². The van der Waals surface area contributed by atoms with Crippen molar-refractivity contribution < 1.29 is 15.1 Å². The molecule has 0 saturated carbocycles. The molecule has 0 radical (unpaired) electrons. The fourth-order valence-electron chi connectivity index (χ4n) is 3.21. The fourth-order valence-corrected chi connectivity index (χ4v) is 3.21. The number of benzene rings is 1. The summed E-state index contributed by atoms with van der Waals surface area (Å²) in [7, 11) is 0. The van der Waals surface area contributed by atoms with Crippen molar-refractivity contribution in [3.63, 3.8) is 0 Å². The van der Waals surface area contributed by atoms with Gasteiger partial charge in [0.25, 0.3) is 0 Å². The van der Waals surface area contributed by atoms with E-state index >= 15 is 0 Å². The van der Waals surface area contributed by atoms with Gasteiger partial charge >= 0.3 is 6.09 Å². The lowest BCUT2D eigenvalue weighted by Gasteiger charge is -2.24. The minimum atomic E-state index is -0.904. The summed E-state index contributed by atoms with van der Waals surface area (Å²) in [6.45, 7) is 5.13. The first kappa shape index (κ1) is 16.3. The van der Waals surface area contributed by atoms with Gasteiger partial charge in [0.2, 0.25) is 0 Å². The normalized spacial score (nSPS) is 17.8. The van der Waals surface area contributed by atoms with Crippen molar-refractivity contribution >= 4 is 11.9 Å². The molecule has 0 spiro atoms. The van der Waals surface area contributed by atoms with E-state index in [-0.39, 0.29) is 11.8 Å². The molecule has 1 aromatic carbocycles. The van der Waals surface area contributed by atoms with Gasteiger partial charge in [-0.3, -0.25) is 16.1 Å². The van der Waals surface area contributed by atoms with Crippen LogP contribution in [0.4, 0.5) is 4.79 Å². The van der Waals surface area contributed by atoms with Crippen molar-refractivity contribution in [2.45, 2.75) is 32.6 Å². The molecule has 1 amide bonds. The maximum atomic E-state index is 11.4. The number of hydrogen-bond donors (Lipinski definition) is 4. The van der Waals surface area contributed by atoms with Crippen LogP contribution in [0.5, 0.6) is 0 Å². The number of amidine groups is 1. The van der Waals surface area contributed by atoms with Gasteiger partial charge in [-0.15, -0.1) is 0 Å². The topological polar surface area (TPSA) is 96.7 Å². The number of hydrogen-bond acceptors (Lipinski definition) is 3. The summed E-state index contributed by atoms with van der Waals surface area (Å²) in [6.07, 6.45) is 0.537. The summed E-state index contributed by atoms with van der Waals surface area (Å²) in [6, 6.07) is 5.67. The van der Waals surface area contributed by atoms with E-state index < -0.39 is 6.09 Å². The van der Waals surface area contributed by atoms with Crippen LogP contribution in [-0.4, -0.2) is 40.2 Å². The lowest BCUT2D eigenvalue weighted by molar-refractivity contribution is 0.142. The Bertz CT molecular complexity index is 572. The smallest absolute Gasteiger partial charge is 0.407 e. The third kappa shape index (κ3) is 3.39. The Labute approximate surface area is 130 Å². The fraction of sp³-hybridized carbons (Fsp3) is 0.500. The van der Waals surface area contributed by atoms with Crippen LogP contribution in [0.2, 0.25) is 0 Å². The van der Waals surface area contributed by atoms with Crippen molar-refractivity contribution in [2.75, 3.05) is 13.1 Å². The lowest BCUT2D eigenvalue weighted by atomic mass is 9.85. The van der Waals surface area contributed by atoms with Crippen LogP contribution in [0, 0.1) is 11.3 Å². The SMILES string of the molecule is CC(C)CC1CN(C(=O)O)CCc2c(C(=N)NO)cccc21. The average Bonchev–Trinajstić information content (AvgIpc) is 2.66. The first-order valence-electron chi connectivity index (χ1n) is 7.52. The Balaban J connectivity index is 2.46. The second-order valence-electron chi connectivity index (χ2n) is 6.17. The molecule has 0 saturated heterocycles. The Hall–Kier alpha value is -2.08. The first-order valence-corrected chi connectivity index (χ1v) is 7.52. The van der Waals surface area contributed by atoms with Gasteiger partial charge in [-0.2, -0.15) is 0 Å². The van der Waals surface area contributed by atoms with Crippen molar-refractivity contribution in [3.05, 3.63) is 34.9 Å². The average molecular weight is 305 g/mol. The number of fused-ring (bicyclic) bond motifs is 1. The van der Waals surface area contributed by atoms with Crippen LogP contribution in [0.25, 0.3) is 0 Å². The van der Waals surface area contributed by atoms with E-state index in [1.165, 1.54) is 4.90 Å². The molecule has 4 N–H and O–H groups in total. The van der Waals surface area contributed by atoms with Crippen LogP contribution in [0.3, 0.4) is 0 Å². The van der Waals surface area contributed by atoms with Gasteiger partial charge in [-0.1, -0.05) is 32.0 Å². The highest BCUT2D eigenvalue weighted by molar-refractivity contribution is 5.97. The maximum Gasteiger partial charge on any atom is 0.407 e. The summed E-state index contributed by atoms with van der Waals surface area (Å²) < 4.78 is 0. The Morgan fingerprint density at radius 2 is 2.23 bits per heavy atom. The van der Waals surface area contributed by atoms with E-state index in [1.54, 1.807) is 6.07 Å². The van der Waals surface area contributed by atoms with Crippen LogP contribution in [0.1, 0.15) is 42.9 Å². The molecule has 0 fully saturated rings. The molecule has 0 bridgehead atoms. The Morgan fingerprint density at radius 1 is 1.50 bits per heavy atom. The minimum Gasteiger partial charge on any atom is -0.465 e. The molecule has 1 aliphatic rings. The molecular weight excluding hydrogens is 282 g/mol. The predicted molar refractivity (Wildman–Crippen MR) is 83.7 cm³/mol. The van der Waals surface area contributed by atoms with E-state index in [9.17, 15) is 9.90 Å². The van der Waals surface area contributed by atoms with Crippen molar-refractivity contribution in [3.8, 4) is 0 Å². The lowest BCUT2D eigenvalue weighted by Crippen LogP contribution is -2.33. The molecule has 22 heavy (non-hydrogen) atoms. The molecular formula is C16H23N3O3. The zero-order valence-corrected chi connectivity index (χ0v) is 13.0. The second kappa shape index (κ2) is 6.79. The molecule has 1 aromatic rings. The summed E-state index contributed by atoms with van der Waals surface area (Å²) in [5.41, 5.74) is 4.59. The molecule has 1 unspecified atom stereocenters. The van der Waals surface area contributed by atoms with Gasteiger partial charge in [0.05, 0.1) is 0 Å². The second-order valence-corrected chi connectivity index (χ2v) is 6.17. The Morgan fingerprint density at radius 3 is 2.82 bits per heavy atom. The van der Waals surface area contributed by atoms with Crippen LogP contribution in [0.15, 0.2) is 18.2 Å². The highest BCUT2D eigenvalue weighted by atomic mass is 16.5. The predicted octanol–water partition coefficient (Wildman–Crippen LogP) is 2.66. The molecule has 2 rings (SSSR count). The molecule has 6 nitrogen and oxygen atoms in total. The van der Waals surface area contributed by atoms with Crippen molar-refractivity contribution in [2.24, 2.45) is 5.92 Å². The third-order valence-corrected chi connectivity index (χ3v) is 4.13. The summed E-state index contributed by atoms with van der Waals surface area (Å²) in [5.74, 6) is 0.509. The number of rotatable bonds is 3. The monoisotopic (exact) mass is 305 g/mol. The molecule has 0 aliphatic carbocycles. The summed E-state index contributed by atoms with van der Waals surface area (Å²) in [5, 5.41) is 26.2. The van der Waals surface area contributed by atoms with Gasteiger partial charge in [0.1, 0.15) is 5.84 Å². The number of nitrogens with one attached hydrogen (secondary N) is 2. The third-order valence-electron chi connectivity index (χ3n) is 4.13. The minimum absolute atomic E-state index is 0.0519. The van der Waals surface area contributed by atoms with E-state index in [4.69, 9.17) is 10.6 Å². The standard InChI is InChI=1S/C16H23N3O3/c1-10(2)8-11-9-19(16(20)21)7-6-13-12(11)4-3-5-14(13)15(17)18-22/h3-5,10-11,22H,6-9H2,1-2H3,(H2,17,18)(H,20,21). The Kier molecular flexibility index (Phi) is 5.03. The van der Waals surface area contributed by atoms with Gasteiger partial charge in [0, 0.05) is 24.6 Å². The zero-order valence-electron chi connectivity index (χ0n) is 13.0. The summed E-state index contributed by atoms with van der Waals surface area (Å²) >= 11 is 0. The van der Waals surface area contributed by atoms with Crippen LogP contribution in [-0.2, 0) is 6.42 Å². The van der Waals surface area contributed by atoms with Crippen LogP contribution < -0.4 is 5.48 Å². The largest absolute Gasteiger partial charge is 0.465 e. The van der Waals surface area contributed by atoms with Gasteiger partial charge in [0.15, 0.2) is 0 Å². The van der Waals surface area contributed by atoms with E-state index in [2.05, 4.69) is 13.8 Å². The maximum absolute atomic E-state index is 11.4. The highest BCUT2D eigenvalue weighted by Crippen LogP contribution is 2.32. The molecule has 1 atom stereocenters. The highest BCUT2D eigenvalue weighted by Gasteiger charge is 2.28. The molecule has 0 aromatic heterocycles. The number of carboxylic acid groups (broad SMARTS) is 1. The first-order chi connectivity index (χ1) is 10.4. The molecule has 1 aliphatic heterocycles. The van der Waals surface area contributed by atoms with E-state index in [0.29, 0.717) is 31.0 Å². The van der Waals surface area contributed by atoms with Crippen molar-refractivity contribution in [1.29, 1.82) is 5.41 Å². The number of amides is 1. The number of nitrogens with zero attached hydrogens (tertiary/aromatic N) is 1. The zero-order chi connectivity index (χ0) is 16.3. The van der Waals surface area contributed by atoms with Gasteiger partial charge < -0.3 is 10.0 Å². The quantitative estimate of drug-likeness (QED) is 0.392. The van der Waals surface area contributed by atoms with Gasteiger partial charge in [-0.05, 0) is 29.9 Å². The van der Waals surface area contributed by atoms with E-state index in [0.717, 1.165) is 17.5 Å². The van der Waals surface area contributed by atoms with Crippen LogP contribution >= 0.6 is 0 Å². The number of carbonyl (C=O) groups is 1. The van der Waals surface area contributed by atoms with Crippen molar-refractivity contribution in [1.82, 2.24) is 10.4 Å². The van der Waals surface area contributed by atoms with Gasteiger partial charge in [-0.25, -0.2) is 4.79 Å². The summed E-state index contributed by atoms with van der Waals surface area (Å²) in [4.78, 5) is 12.8.